The summed E-state index contributed by atoms with van der Waals surface area (Å²) in [5.74, 6) is -0.0244. The van der Waals surface area contributed by atoms with Gasteiger partial charge in [-0.15, -0.1) is 11.3 Å². The molecule has 0 atom stereocenters. The lowest BCUT2D eigenvalue weighted by Crippen LogP contribution is -2.41. The van der Waals surface area contributed by atoms with Gasteiger partial charge in [-0.2, -0.15) is 0 Å². The van der Waals surface area contributed by atoms with Crippen LogP contribution in [0.1, 0.15) is 43.1 Å². The number of carbonyl (C=O) groups is 2. The van der Waals surface area contributed by atoms with Crippen molar-refractivity contribution in [2.24, 2.45) is 5.92 Å². The summed E-state index contributed by atoms with van der Waals surface area (Å²) in [6, 6.07) is 7.48. The van der Waals surface area contributed by atoms with Gasteiger partial charge in [0.1, 0.15) is 5.01 Å². The van der Waals surface area contributed by atoms with Gasteiger partial charge in [-0.25, -0.2) is 9.78 Å². The van der Waals surface area contributed by atoms with E-state index in [9.17, 15) is 9.59 Å². The van der Waals surface area contributed by atoms with Crippen LogP contribution in [0.15, 0.2) is 29.6 Å². The molecule has 144 valence electrons. The quantitative estimate of drug-likeness (QED) is 0.677. The Morgan fingerprint density at radius 3 is 2.56 bits per heavy atom. The third kappa shape index (κ3) is 5.08. The molecule has 5 nitrogen and oxygen atoms in total. The van der Waals surface area contributed by atoms with Crippen LogP contribution in [0, 0.1) is 5.92 Å². The summed E-state index contributed by atoms with van der Waals surface area (Å²) in [5, 5.41) is 2.99. The number of ether oxygens (including phenoxy) is 1. The number of aromatic nitrogens is 1. The fourth-order valence-corrected chi connectivity index (χ4v) is 4.15. The predicted molar refractivity (Wildman–Crippen MR) is 107 cm³/mol. The van der Waals surface area contributed by atoms with Crippen LogP contribution in [0.2, 0.25) is 5.02 Å². The predicted octanol–water partition coefficient (Wildman–Crippen LogP) is 4.66. The van der Waals surface area contributed by atoms with Crippen molar-refractivity contribution >= 4 is 34.8 Å². The second-order valence-electron chi connectivity index (χ2n) is 7.04. The lowest BCUT2D eigenvalue weighted by molar-refractivity contribution is -0.136. The number of likely N-dealkylation sites (N-methyl/N-ethyl adjacent to an activating group) is 1. The first-order valence-corrected chi connectivity index (χ1v) is 10.3. The van der Waals surface area contributed by atoms with Crippen molar-refractivity contribution < 1.29 is 14.3 Å². The lowest BCUT2D eigenvalue weighted by Gasteiger charge is -2.33. The fraction of sp³-hybridized carbons (Fsp3) is 0.450. The third-order valence-electron chi connectivity index (χ3n) is 5.06. The number of amides is 1. The van der Waals surface area contributed by atoms with Crippen LogP contribution in [0.3, 0.4) is 0 Å². The summed E-state index contributed by atoms with van der Waals surface area (Å²) in [6.45, 7) is 1.99. The number of esters is 1. The monoisotopic (exact) mass is 406 g/mol. The first kappa shape index (κ1) is 19.8. The molecule has 1 heterocycles. The highest BCUT2D eigenvalue weighted by molar-refractivity contribution is 7.13. The molecule has 1 aromatic carbocycles. The van der Waals surface area contributed by atoms with Crippen molar-refractivity contribution in [2.45, 2.75) is 38.6 Å². The Balaban J connectivity index is 1.53. The molecule has 0 N–H and O–H groups in total. The molecule has 1 aliphatic carbocycles. The number of hydrogen-bond donors (Lipinski definition) is 0. The molecule has 0 unspecified atom stereocenters. The summed E-state index contributed by atoms with van der Waals surface area (Å²) in [6.07, 6.45) is 4.28. The molecule has 0 aliphatic heterocycles. The highest BCUT2D eigenvalue weighted by Gasteiger charge is 2.25. The number of halogens is 1. The van der Waals surface area contributed by atoms with Gasteiger partial charge in [-0.3, -0.25) is 4.79 Å². The Kier molecular flexibility index (Phi) is 6.50. The molecule has 2 aromatic rings. The smallest absolute Gasteiger partial charge is 0.358 e. The van der Waals surface area contributed by atoms with Gasteiger partial charge in [0, 0.05) is 29.1 Å². The zero-order valence-electron chi connectivity index (χ0n) is 15.5. The molecule has 27 heavy (non-hydrogen) atoms. The summed E-state index contributed by atoms with van der Waals surface area (Å²) in [5.41, 5.74) is 1.10. The van der Waals surface area contributed by atoms with Crippen molar-refractivity contribution in [3.63, 3.8) is 0 Å². The van der Waals surface area contributed by atoms with Crippen molar-refractivity contribution in [1.82, 2.24) is 9.88 Å². The van der Waals surface area contributed by atoms with E-state index in [1.54, 1.807) is 29.5 Å². The van der Waals surface area contributed by atoms with Gasteiger partial charge in [0.25, 0.3) is 5.91 Å². The largest absolute Gasteiger partial charge is 0.451 e. The van der Waals surface area contributed by atoms with E-state index in [0.29, 0.717) is 10.0 Å². The summed E-state index contributed by atoms with van der Waals surface area (Å²) in [4.78, 5) is 30.6. The highest BCUT2D eigenvalue weighted by atomic mass is 35.5. The second kappa shape index (κ2) is 8.85. The minimum atomic E-state index is -0.578. The van der Waals surface area contributed by atoms with Crippen molar-refractivity contribution in [2.75, 3.05) is 13.7 Å². The summed E-state index contributed by atoms with van der Waals surface area (Å²) in [7, 11) is 1.79. The Morgan fingerprint density at radius 2 is 1.89 bits per heavy atom. The zero-order chi connectivity index (χ0) is 19.4. The van der Waals surface area contributed by atoms with E-state index in [2.05, 4.69) is 11.9 Å². The molecule has 7 heteroatoms. The molecule has 3 rings (SSSR count). The van der Waals surface area contributed by atoms with Crippen LogP contribution >= 0.6 is 22.9 Å². The minimum Gasteiger partial charge on any atom is -0.451 e. The lowest BCUT2D eigenvalue weighted by atomic mass is 9.87. The summed E-state index contributed by atoms with van der Waals surface area (Å²) >= 11 is 7.24. The molecular weight excluding hydrogens is 384 g/mol. The van der Waals surface area contributed by atoms with Crippen LogP contribution < -0.4 is 0 Å². The second-order valence-corrected chi connectivity index (χ2v) is 8.33. The Morgan fingerprint density at radius 1 is 1.22 bits per heavy atom. The number of nitrogens with zero attached hydrogens (tertiary/aromatic N) is 2. The Hall–Kier alpha value is -1.92. The molecule has 1 fully saturated rings. The van der Waals surface area contributed by atoms with Gasteiger partial charge in [-0.05, 0) is 43.7 Å². The van der Waals surface area contributed by atoms with Gasteiger partial charge in [0.15, 0.2) is 12.3 Å². The van der Waals surface area contributed by atoms with E-state index in [1.807, 2.05) is 12.1 Å². The third-order valence-corrected chi connectivity index (χ3v) is 6.20. The van der Waals surface area contributed by atoms with Crippen LogP contribution in [0.4, 0.5) is 0 Å². The molecule has 1 aliphatic rings. The molecule has 0 spiro atoms. The highest BCUT2D eigenvalue weighted by Crippen LogP contribution is 2.27. The molecular formula is C20H23ClN2O3S. The van der Waals surface area contributed by atoms with Crippen LogP contribution in [0.25, 0.3) is 10.6 Å². The number of rotatable bonds is 5. The average molecular weight is 407 g/mol. The number of thiazole rings is 1. The average Bonchev–Trinajstić information content (AvgIpc) is 3.16. The van der Waals surface area contributed by atoms with Gasteiger partial charge in [0.05, 0.1) is 0 Å². The molecule has 1 saturated carbocycles. The van der Waals surface area contributed by atoms with Gasteiger partial charge < -0.3 is 9.64 Å². The molecule has 0 saturated heterocycles. The van der Waals surface area contributed by atoms with Crippen LogP contribution in [-0.4, -0.2) is 41.5 Å². The van der Waals surface area contributed by atoms with Gasteiger partial charge in [-0.1, -0.05) is 30.7 Å². The fourth-order valence-electron chi connectivity index (χ4n) is 3.23. The Labute approximate surface area is 168 Å². The van der Waals surface area contributed by atoms with Crippen LogP contribution in [0.5, 0.6) is 0 Å². The minimum absolute atomic E-state index is 0.170. The Bertz CT molecular complexity index is 798. The maximum atomic E-state index is 12.3. The van der Waals surface area contributed by atoms with Crippen molar-refractivity contribution in [3.05, 3.63) is 40.4 Å². The van der Waals surface area contributed by atoms with E-state index < -0.39 is 5.97 Å². The maximum Gasteiger partial charge on any atom is 0.358 e. The maximum absolute atomic E-state index is 12.3. The standard InChI is InChI=1S/C20H23ClN2O3S/c1-13-3-9-16(10-4-13)23(2)18(24)11-26-20(25)17-12-27-19(22-17)14-5-7-15(21)8-6-14/h5-8,12-13,16H,3-4,9-11H2,1-2H3. The number of hydrogen-bond acceptors (Lipinski definition) is 5. The van der Waals surface area contributed by atoms with Crippen LogP contribution in [-0.2, 0) is 9.53 Å². The number of carbonyl (C=O) groups excluding carboxylic acids is 2. The first-order valence-electron chi connectivity index (χ1n) is 9.08. The van der Waals surface area contributed by atoms with E-state index in [0.717, 1.165) is 37.2 Å². The van der Waals surface area contributed by atoms with E-state index in [-0.39, 0.29) is 24.2 Å². The SMILES string of the molecule is CC1CCC(N(C)C(=O)COC(=O)c2csc(-c3ccc(Cl)cc3)n2)CC1. The molecule has 0 radical (unpaired) electrons. The van der Waals surface area contributed by atoms with Gasteiger partial charge in [0.2, 0.25) is 0 Å². The number of benzene rings is 1. The molecule has 0 bridgehead atoms. The van der Waals surface area contributed by atoms with Crippen molar-refractivity contribution in [1.29, 1.82) is 0 Å². The van der Waals surface area contributed by atoms with Gasteiger partial charge >= 0.3 is 5.97 Å². The van der Waals surface area contributed by atoms with E-state index in [1.165, 1.54) is 11.3 Å². The topological polar surface area (TPSA) is 59.5 Å². The normalized spacial score (nSPS) is 19.5. The zero-order valence-corrected chi connectivity index (χ0v) is 17.1. The molecule has 1 amide bonds. The summed E-state index contributed by atoms with van der Waals surface area (Å²) < 4.78 is 5.18. The molecule has 1 aromatic heterocycles. The van der Waals surface area contributed by atoms with Crippen molar-refractivity contribution in [3.8, 4) is 10.6 Å². The van der Waals surface area contributed by atoms with E-state index in [4.69, 9.17) is 16.3 Å². The first-order chi connectivity index (χ1) is 12.9. The van der Waals surface area contributed by atoms with E-state index >= 15 is 0 Å².